The molecule has 4 aromatic rings. The molecule has 2 aromatic carbocycles. The first-order chi connectivity index (χ1) is 19.4. The van der Waals surface area contributed by atoms with Gasteiger partial charge in [0.1, 0.15) is 23.0 Å². The number of rotatable bonds is 8. The molecule has 1 saturated heterocycles. The molecule has 0 radical (unpaired) electrons. The zero-order valence-electron chi connectivity index (χ0n) is 22.0. The summed E-state index contributed by atoms with van der Waals surface area (Å²) in [6.07, 6.45) is 3.70. The third kappa shape index (κ3) is 4.84. The van der Waals surface area contributed by atoms with E-state index in [1.165, 1.54) is 17.0 Å². The summed E-state index contributed by atoms with van der Waals surface area (Å²) in [6.45, 7) is 2.60. The van der Waals surface area contributed by atoms with Gasteiger partial charge in [-0.25, -0.2) is 9.37 Å². The maximum atomic E-state index is 13.3. The van der Waals surface area contributed by atoms with Crippen LogP contribution in [0.4, 0.5) is 10.1 Å². The maximum absolute atomic E-state index is 13.3. The lowest BCUT2D eigenvalue weighted by Gasteiger charge is -2.33. The monoisotopic (exact) mass is 544 g/mol. The Kier molecular flexibility index (Phi) is 6.81. The molecule has 2 aliphatic rings. The molecule has 2 aromatic heterocycles. The number of nitrogens with zero attached hydrogens (tertiary/aromatic N) is 3. The number of likely N-dealkylation sites (tertiary alicyclic amines) is 1. The van der Waals surface area contributed by atoms with Crippen molar-refractivity contribution >= 4 is 28.5 Å². The van der Waals surface area contributed by atoms with Gasteiger partial charge < -0.3 is 24.9 Å². The number of ether oxygens (including phenoxy) is 1. The number of hydrogen-bond acceptors (Lipinski definition) is 7. The number of fused-ring (bicyclic) bond motifs is 2. The predicted molar refractivity (Wildman–Crippen MR) is 148 cm³/mol. The van der Waals surface area contributed by atoms with Crippen LogP contribution in [0.15, 0.2) is 53.5 Å². The highest BCUT2D eigenvalue weighted by Crippen LogP contribution is 2.32. The molecule has 11 heteroatoms. The summed E-state index contributed by atoms with van der Waals surface area (Å²) in [7, 11) is 2.04. The molecule has 0 aliphatic carbocycles. The molecule has 2 amide bonds. The van der Waals surface area contributed by atoms with Crippen LogP contribution >= 0.6 is 0 Å². The fraction of sp³-hybridized carbons (Fsp3) is 0.310. The van der Waals surface area contributed by atoms with Gasteiger partial charge in [-0.2, -0.15) is 0 Å². The normalized spacial score (nSPS) is 16.1. The van der Waals surface area contributed by atoms with Crippen LogP contribution in [0.5, 0.6) is 5.75 Å². The quantitative estimate of drug-likeness (QED) is 0.229. The summed E-state index contributed by atoms with van der Waals surface area (Å²) in [4.78, 5) is 53.4. The highest BCUT2D eigenvalue weighted by atomic mass is 19.1. The summed E-state index contributed by atoms with van der Waals surface area (Å²) in [5, 5.41) is 3.26. The summed E-state index contributed by atoms with van der Waals surface area (Å²) in [6, 6.07) is 10.8. The van der Waals surface area contributed by atoms with Crippen molar-refractivity contribution in [3.63, 3.8) is 0 Å². The Bertz CT molecular complexity index is 1590. The summed E-state index contributed by atoms with van der Waals surface area (Å²) in [5.41, 5.74) is 2.34. The van der Waals surface area contributed by atoms with E-state index < -0.39 is 0 Å². The first kappa shape index (κ1) is 25.8. The van der Waals surface area contributed by atoms with Crippen molar-refractivity contribution in [2.45, 2.75) is 25.3 Å². The average Bonchev–Trinajstić information content (AvgIpc) is 3.46. The Balaban J connectivity index is 1.19. The van der Waals surface area contributed by atoms with E-state index in [2.05, 4.69) is 25.2 Å². The number of pyridine rings is 1. The molecule has 3 N–H and O–H groups in total. The van der Waals surface area contributed by atoms with Gasteiger partial charge in [0.25, 0.3) is 17.4 Å². The minimum Gasteiger partial charge on any atom is -0.494 e. The molecule has 206 valence electrons. The zero-order valence-corrected chi connectivity index (χ0v) is 22.0. The topological polar surface area (TPSA) is 123 Å². The number of carbonyl (C=O) groups is 2. The van der Waals surface area contributed by atoms with Crippen LogP contribution in [0.3, 0.4) is 0 Å². The number of carbonyl (C=O) groups excluding carboxylic acids is 2. The van der Waals surface area contributed by atoms with E-state index in [9.17, 15) is 18.8 Å². The van der Waals surface area contributed by atoms with Gasteiger partial charge in [-0.05, 0) is 81.9 Å². The number of aromatic amines is 2. The van der Waals surface area contributed by atoms with Crippen LogP contribution in [-0.4, -0.2) is 75.9 Å². The second-order valence-electron chi connectivity index (χ2n) is 10.2. The number of halogens is 1. The molecule has 0 unspecified atom stereocenters. The van der Waals surface area contributed by atoms with Gasteiger partial charge >= 0.3 is 0 Å². The first-order valence-corrected chi connectivity index (χ1v) is 13.3. The van der Waals surface area contributed by atoms with E-state index in [4.69, 9.17) is 4.74 Å². The Labute approximate surface area is 229 Å². The Morgan fingerprint density at radius 3 is 2.52 bits per heavy atom. The van der Waals surface area contributed by atoms with Crippen molar-refractivity contribution in [1.82, 2.24) is 24.8 Å². The smallest absolute Gasteiger partial charge is 0.261 e. The Morgan fingerprint density at radius 1 is 1.05 bits per heavy atom. The largest absolute Gasteiger partial charge is 0.494 e. The minimum atomic E-state index is -0.334. The zero-order chi connectivity index (χ0) is 27.8. The highest BCUT2D eigenvalue weighted by Gasteiger charge is 2.41. The van der Waals surface area contributed by atoms with Gasteiger partial charge in [-0.15, -0.1) is 0 Å². The van der Waals surface area contributed by atoms with E-state index in [1.54, 1.807) is 36.5 Å². The van der Waals surface area contributed by atoms with E-state index in [-0.39, 0.29) is 29.2 Å². The molecular weight excluding hydrogens is 515 g/mol. The van der Waals surface area contributed by atoms with Gasteiger partial charge in [-0.1, -0.05) is 0 Å². The molecule has 0 spiro atoms. The van der Waals surface area contributed by atoms with Crippen molar-refractivity contribution in [2.24, 2.45) is 0 Å². The van der Waals surface area contributed by atoms with Gasteiger partial charge in [0.2, 0.25) is 0 Å². The lowest BCUT2D eigenvalue weighted by molar-refractivity contribution is 0.0516. The lowest BCUT2D eigenvalue weighted by Crippen LogP contribution is -2.46. The number of imide groups is 1. The molecule has 0 bridgehead atoms. The number of H-pyrrole nitrogens is 2. The van der Waals surface area contributed by atoms with Crippen LogP contribution in [-0.2, 0) is 0 Å². The van der Waals surface area contributed by atoms with Gasteiger partial charge in [-0.3, -0.25) is 19.3 Å². The van der Waals surface area contributed by atoms with Crippen LogP contribution in [0, 0.1) is 5.82 Å². The third-order valence-electron chi connectivity index (χ3n) is 7.49. The van der Waals surface area contributed by atoms with Gasteiger partial charge in [0.15, 0.2) is 0 Å². The lowest BCUT2D eigenvalue weighted by atomic mass is 10.0. The van der Waals surface area contributed by atoms with Crippen LogP contribution in [0.1, 0.15) is 40.0 Å². The number of anilines is 1. The van der Waals surface area contributed by atoms with E-state index >= 15 is 0 Å². The van der Waals surface area contributed by atoms with E-state index in [0.29, 0.717) is 64.6 Å². The SMILES string of the molecule is CN1CCC(N2C(=O)c3cc4nc(-c5c(NCCCOc6ccc(F)cc6)cc[nH]c5=O)[nH]c4cc3C2=O)CC1. The standard InChI is InChI=1S/C29H29FN6O4/c1-35-12-8-18(9-13-35)36-28(38)20-15-23-24(16-21(20)29(36)39)34-26(33-23)25-22(7-11-32-27(25)37)31-10-2-14-40-19-5-3-17(30)4-6-19/h3-7,11,15-16,18H,2,8-10,12-14H2,1H3,(H,33,34)(H2,31,32,37). The van der Waals surface area contributed by atoms with Crippen molar-refractivity contribution in [2.75, 3.05) is 38.6 Å². The number of nitrogens with one attached hydrogen (secondary N) is 3. The fourth-order valence-electron chi connectivity index (χ4n) is 5.34. The van der Waals surface area contributed by atoms with E-state index in [0.717, 1.165) is 25.9 Å². The van der Waals surface area contributed by atoms with Crippen molar-refractivity contribution in [3.8, 4) is 17.1 Å². The van der Waals surface area contributed by atoms with Crippen LogP contribution < -0.4 is 15.6 Å². The minimum absolute atomic E-state index is 0.108. The second-order valence-corrected chi connectivity index (χ2v) is 10.2. The fourth-order valence-corrected chi connectivity index (χ4v) is 5.34. The molecule has 2 aliphatic heterocycles. The maximum Gasteiger partial charge on any atom is 0.261 e. The Hall–Kier alpha value is -4.51. The molecule has 1 fully saturated rings. The molecule has 6 rings (SSSR count). The van der Waals surface area contributed by atoms with E-state index in [1.807, 2.05) is 7.05 Å². The number of piperidine rings is 1. The molecule has 10 nitrogen and oxygen atoms in total. The van der Waals surface area contributed by atoms with Crippen molar-refractivity contribution in [1.29, 1.82) is 0 Å². The highest BCUT2D eigenvalue weighted by molar-refractivity contribution is 6.23. The number of hydrogen-bond donors (Lipinski definition) is 3. The van der Waals surface area contributed by atoms with Crippen molar-refractivity contribution in [3.05, 3.63) is 76.0 Å². The van der Waals surface area contributed by atoms with Crippen molar-refractivity contribution < 1.29 is 18.7 Å². The molecule has 0 saturated carbocycles. The number of imidazole rings is 1. The first-order valence-electron chi connectivity index (χ1n) is 13.3. The van der Waals surface area contributed by atoms with Crippen LogP contribution in [0.25, 0.3) is 22.4 Å². The van der Waals surface area contributed by atoms with Gasteiger partial charge in [0, 0.05) is 18.8 Å². The third-order valence-corrected chi connectivity index (χ3v) is 7.49. The molecular formula is C29H29FN6O4. The number of aromatic nitrogens is 3. The molecule has 40 heavy (non-hydrogen) atoms. The number of benzene rings is 2. The summed E-state index contributed by atoms with van der Waals surface area (Å²) >= 11 is 0. The predicted octanol–water partition coefficient (Wildman–Crippen LogP) is 3.63. The average molecular weight is 545 g/mol. The van der Waals surface area contributed by atoms with Crippen LogP contribution in [0.2, 0.25) is 0 Å². The summed E-state index contributed by atoms with van der Waals surface area (Å²) in [5.74, 6) is 0.0227. The number of amides is 2. The second kappa shape index (κ2) is 10.6. The van der Waals surface area contributed by atoms with Gasteiger partial charge in [0.05, 0.1) is 34.5 Å². The Morgan fingerprint density at radius 2 is 1.77 bits per heavy atom. The summed E-state index contributed by atoms with van der Waals surface area (Å²) < 4.78 is 18.7. The molecule has 4 heterocycles. The molecule has 0 atom stereocenters.